The summed E-state index contributed by atoms with van der Waals surface area (Å²) in [6, 6.07) is 5.74. The van der Waals surface area contributed by atoms with E-state index < -0.39 is 0 Å². The van der Waals surface area contributed by atoms with Gasteiger partial charge in [0.25, 0.3) is 0 Å². The van der Waals surface area contributed by atoms with E-state index in [1.165, 1.54) is 0 Å². The fraction of sp³-hybridized carbons (Fsp3) is 0.562. The van der Waals surface area contributed by atoms with E-state index in [4.69, 9.17) is 16.3 Å². The second-order valence-electron chi connectivity index (χ2n) is 4.96. The fourth-order valence-electron chi connectivity index (χ4n) is 2.12. The number of ether oxygens (including phenoxy) is 1. The smallest absolute Gasteiger partial charge is 0.222 e. The van der Waals surface area contributed by atoms with Crippen LogP contribution in [-0.4, -0.2) is 44.6 Å². The molecule has 0 bridgehead atoms. The molecule has 0 aromatic heterocycles. The van der Waals surface area contributed by atoms with Crippen LogP contribution in [-0.2, 0) is 4.79 Å². The Morgan fingerprint density at radius 1 is 1.29 bits per heavy atom. The van der Waals surface area contributed by atoms with Gasteiger partial charge in [0, 0.05) is 44.9 Å². The van der Waals surface area contributed by atoms with Gasteiger partial charge in [0.2, 0.25) is 5.91 Å². The minimum Gasteiger partial charge on any atom is -0.495 e. The molecule has 0 aliphatic heterocycles. The van der Waals surface area contributed by atoms with Gasteiger partial charge in [0.15, 0.2) is 0 Å². The van der Waals surface area contributed by atoms with Gasteiger partial charge in [-0.1, -0.05) is 18.5 Å². The van der Waals surface area contributed by atoms with Crippen molar-refractivity contribution in [3.8, 4) is 5.75 Å². The Kier molecular flexibility index (Phi) is 7.37. The third-order valence-electron chi connectivity index (χ3n) is 3.48. The summed E-state index contributed by atoms with van der Waals surface area (Å²) in [5, 5.41) is 0.604. The van der Waals surface area contributed by atoms with E-state index in [1.54, 1.807) is 12.0 Å². The van der Waals surface area contributed by atoms with Gasteiger partial charge in [0.05, 0.1) is 12.1 Å². The molecule has 4 nitrogen and oxygen atoms in total. The molecule has 118 valence electrons. The number of likely N-dealkylation sites (N-methyl/N-ethyl adjacent to an activating group) is 2. The Bertz CT molecular complexity index is 466. The molecule has 0 fully saturated rings. The number of carbonyl (C=O) groups excluding carboxylic acids is 1. The van der Waals surface area contributed by atoms with Crippen molar-refractivity contribution in [2.75, 3.05) is 38.7 Å². The zero-order valence-corrected chi connectivity index (χ0v) is 14.1. The van der Waals surface area contributed by atoms with Crippen LogP contribution in [0.2, 0.25) is 5.02 Å². The number of hydrogen-bond acceptors (Lipinski definition) is 3. The highest BCUT2D eigenvalue weighted by Crippen LogP contribution is 2.29. The van der Waals surface area contributed by atoms with Crippen LogP contribution in [0.4, 0.5) is 5.69 Å². The molecular weight excluding hydrogens is 288 g/mol. The third-order valence-corrected chi connectivity index (χ3v) is 3.79. The van der Waals surface area contributed by atoms with Crippen molar-refractivity contribution >= 4 is 23.2 Å². The van der Waals surface area contributed by atoms with Crippen LogP contribution in [0.15, 0.2) is 18.2 Å². The molecule has 0 saturated heterocycles. The maximum Gasteiger partial charge on any atom is 0.222 e. The molecule has 0 aliphatic rings. The summed E-state index contributed by atoms with van der Waals surface area (Å²) < 4.78 is 5.25. The van der Waals surface area contributed by atoms with Gasteiger partial charge in [-0.3, -0.25) is 4.79 Å². The number of anilines is 1. The maximum absolute atomic E-state index is 11.8. The van der Waals surface area contributed by atoms with Crippen LogP contribution < -0.4 is 9.64 Å². The largest absolute Gasteiger partial charge is 0.495 e. The van der Waals surface area contributed by atoms with Crippen LogP contribution >= 0.6 is 11.6 Å². The van der Waals surface area contributed by atoms with Crippen molar-refractivity contribution in [1.29, 1.82) is 0 Å². The SMILES string of the molecule is CCCC(=O)N(C)CCN(CC)c1ccc(Cl)c(OC)c1. The van der Waals surface area contributed by atoms with E-state index in [-0.39, 0.29) is 5.91 Å². The van der Waals surface area contributed by atoms with Gasteiger partial charge in [-0.15, -0.1) is 0 Å². The monoisotopic (exact) mass is 312 g/mol. The van der Waals surface area contributed by atoms with Gasteiger partial charge < -0.3 is 14.5 Å². The Balaban J connectivity index is 2.69. The van der Waals surface area contributed by atoms with E-state index in [2.05, 4.69) is 11.8 Å². The average Bonchev–Trinajstić information content (AvgIpc) is 2.49. The molecule has 1 aromatic carbocycles. The highest BCUT2D eigenvalue weighted by Gasteiger charge is 2.11. The molecule has 0 aliphatic carbocycles. The van der Waals surface area contributed by atoms with Crippen molar-refractivity contribution in [2.45, 2.75) is 26.7 Å². The summed E-state index contributed by atoms with van der Waals surface area (Å²) in [5.74, 6) is 0.866. The standard InChI is InChI=1S/C16H25ClN2O2/c1-5-7-16(20)18(3)10-11-19(6-2)13-8-9-14(17)15(12-13)21-4/h8-9,12H,5-7,10-11H2,1-4H3. The quantitative estimate of drug-likeness (QED) is 0.737. The topological polar surface area (TPSA) is 32.8 Å². The number of halogens is 1. The molecule has 0 radical (unpaired) electrons. The second-order valence-corrected chi connectivity index (χ2v) is 5.37. The van der Waals surface area contributed by atoms with E-state index in [0.717, 1.165) is 25.2 Å². The van der Waals surface area contributed by atoms with Crippen molar-refractivity contribution in [1.82, 2.24) is 4.90 Å². The molecule has 1 aromatic rings. The first-order valence-corrected chi connectivity index (χ1v) is 7.73. The Labute approximate surface area is 132 Å². The van der Waals surface area contributed by atoms with E-state index >= 15 is 0 Å². The van der Waals surface area contributed by atoms with Crippen LogP contribution in [0, 0.1) is 0 Å². The first-order chi connectivity index (χ1) is 10.0. The number of hydrogen-bond donors (Lipinski definition) is 0. The summed E-state index contributed by atoms with van der Waals surface area (Å²) in [7, 11) is 3.47. The minimum atomic E-state index is 0.197. The lowest BCUT2D eigenvalue weighted by Crippen LogP contribution is -2.36. The molecular formula is C16H25ClN2O2. The van der Waals surface area contributed by atoms with Crippen LogP contribution in [0.3, 0.4) is 0 Å². The lowest BCUT2D eigenvalue weighted by atomic mass is 10.2. The number of nitrogens with zero attached hydrogens (tertiary/aromatic N) is 2. The Morgan fingerprint density at radius 2 is 2.00 bits per heavy atom. The summed E-state index contributed by atoms with van der Waals surface area (Å²) >= 11 is 6.05. The number of methoxy groups -OCH3 is 1. The van der Waals surface area contributed by atoms with Crippen molar-refractivity contribution in [2.24, 2.45) is 0 Å². The molecule has 1 amide bonds. The first-order valence-electron chi connectivity index (χ1n) is 7.35. The van der Waals surface area contributed by atoms with Crippen LogP contribution in [0.5, 0.6) is 5.75 Å². The molecule has 0 N–H and O–H groups in total. The molecule has 0 saturated carbocycles. The van der Waals surface area contributed by atoms with Crippen LogP contribution in [0.25, 0.3) is 0 Å². The number of carbonyl (C=O) groups is 1. The normalized spacial score (nSPS) is 10.3. The summed E-state index contributed by atoms with van der Waals surface area (Å²) in [6.45, 7) is 6.46. The predicted molar refractivity (Wildman–Crippen MR) is 88.4 cm³/mol. The van der Waals surface area contributed by atoms with Gasteiger partial charge in [-0.2, -0.15) is 0 Å². The average molecular weight is 313 g/mol. The number of benzene rings is 1. The predicted octanol–water partition coefficient (Wildman–Crippen LogP) is 3.43. The summed E-state index contributed by atoms with van der Waals surface area (Å²) in [6.07, 6.45) is 1.49. The first kappa shape index (κ1) is 17.6. The zero-order valence-electron chi connectivity index (χ0n) is 13.4. The lowest BCUT2D eigenvalue weighted by Gasteiger charge is -2.27. The van der Waals surface area contributed by atoms with Gasteiger partial charge in [0.1, 0.15) is 5.75 Å². The molecule has 0 unspecified atom stereocenters. The summed E-state index contributed by atoms with van der Waals surface area (Å²) in [4.78, 5) is 15.8. The minimum absolute atomic E-state index is 0.197. The van der Waals surface area contributed by atoms with Crippen molar-refractivity contribution in [3.63, 3.8) is 0 Å². The number of amides is 1. The molecule has 0 atom stereocenters. The highest BCUT2D eigenvalue weighted by atomic mass is 35.5. The lowest BCUT2D eigenvalue weighted by molar-refractivity contribution is -0.129. The Morgan fingerprint density at radius 3 is 2.57 bits per heavy atom. The number of rotatable bonds is 8. The molecule has 21 heavy (non-hydrogen) atoms. The van der Waals surface area contributed by atoms with Crippen molar-refractivity contribution in [3.05, 3.63) is 23.2 Å². The summed E-state index contributed by atoms with van der Waals surface area (Å²) in [5.41, 5.74) is 1.05. The maximum atomic E-state index is 11.8. The highest BCUT2D eigenvalue weighted by molar-refractivity contribution is 6.32. The van der Waals surface area contributed by atoms with Gasteiger partial charge in [-0.25, -0.2) is 0 Å². The van der Waals surface area contributed by atoms with E-state index in [1.807, 2.05) is 32.2 Å². The fourth-order valence-corrected chi connectivity index (χ4v) is 2.31. The molecule has 1 rings (SSSR count). The van der Waals surface area contributed by atoms with Crippen molar-refractivity contribution < 1.29 is 9.53 Å². The molecule has 0 heterocycles. The third kappa shape index (κ3) is 5.12. The van der Waals surface area contributed by atoms with Crippen LogP contribution in [0.1, 0.15) is 26.7 Å². The van der Waals surface area contributed by atoms with E-state index in [9.17, 15) is 4.79 Å². The van der Waals surface area contributed by atoms with E-state index in [0.29, 0.717) is 23.7 Å². The molecule has 0 spiro atoms. The second kappa shape index (κ2) is 8.78. The Hall–Kier alpha value is -1.42. The van der Waals surface area contributed by atoms with Gasteiger partial charge in [-0.05, 0) is 25.5 Å². The van der Waals surface area contributed by atoms with Gasteiger partial charge >= 0.3 is 0 Å². The zero-order chi connectivity index (χ0) is 15.8. The molecule has 5 heteroatoms.